The van der Waals surface area contributed by atoms with Crippen molar-refractivity contribution in [3.63, 3.8) is 0 Å². The maximum absolute atomic E-state index is 13.2. The van der Waals surface area contributed by atoms with Crippen molar-refractivity contribution in [3.8, 4) is 23.0 Å². The molecule has 0 atom stereocenters. The van der Waals surface area contributed by atoms with Crippen molar-refractivity contribution in [2.45, 2.75) is 12.8 Å². The predicted octanol–water partition coefficient (Wildman–Crippen LogP) is 4.69. The number of ether oxygens (including phenoxy) is 3. The van der Waals surface area contributed by atoms with Crippen LogP contribution in [0.4, 0.5) is 15.8 Å². The van der Waals surface area contributed by atoms with Gasteiger partial charge >= 0.3 is 0 Å². The van der Waals surface area contributed by atoms with Gasteiger partial charge in [-0.05, 0) is 61.4 Å². The van der Waals surface area contributed by atoms with Crippen LogP contribution in [0.2, 0.25) is 5.02 Å². The Morgan fingerprint density at radius 3 is 2.36 bits per heavy atom. The summed E-state index contributed by atoms with van der Waals surface area (Å²) < 4.78 is 29.9. The van der Waals surface area contributed by atoms with Crippen LogP contribution in [0.1, 0.15) is 12.8 Å². The molecule has 0 bridgehead atoms. The summed E-state index contributed by atoms with van der Waals surface area (Å²) in [5.41, 5.74) is -0.227. The number of carbonyl (C=O) groups excluding carboxylic acids is 3. The van der Waals surface area contributed by atoms with E-state index in [9.17, 15) is 23.9 Å². The van der Waals surface area contributed by atoms with Gasteiger partial charge in [-0.3, -0.25) is 14.6 Å². The third-order valence-electron chi connectivity index (χ3n) is 6.49. The molecule has 1 aliphatic carbocycles. The molecule has 218 valence electrons. The van der Waals surface area contributed by atoms with E-state index in [0.717, 1.165) is 0 Å². The van der Waals surface area contributed by atoms with E-state index in [1.807, 2.05) is 0 Å². The molecule has 0 unspecified atom stereocenters. The van der Waals surface area contributed by atoms with E-state index in [0.29, 0.717) is 35.2 Å². The SMILES string of the molecule is COc1cc2c(Oc3cccc(NC(=O)C4(C(=O)Nc5ccc(F)cc5)CC4)c3Cl)ccnc2cc1OCC(=O)[O-].[NH4+]. The molecule has 1 heterocycles. The van der Waals surface area contributed by atoms with E-state index < -0.39 is 35.6 Å². The molecule has 11 nitrogen and oxygen atoms in total. The minimum atomic E-state index is -1.39. The van der Waals surface area contributed by atoms with Gasteiger partial charge in [0.05, 0.1) is 24.3 Å². The minimum Gasteiger partial charge on any atom is -0.546 e. The van der Waals surface area contributed by atoms with Gasteiger partial charge < -0.3 is 40.9 Å². The van der Waals surface area contributed by atoms with E-state index in [-0.39, 0.29) is 34.1 Å². The van der Waals surface area contributed by atoms with Crippen LogP contribution in [0.25, 0.3) is 10.9 Å². The van der Waals surface area contributed by atoms with E-state index in [1.54, 1.807) is 30.3 Å². The summed E-state index contributed by atoms with van der Waals surface area (Å²) in [6.45, 7) is -0.665. The zero-order valence-electron chi connectivity index (χ0n) is 22.5. The highest BCUT2D eigenvalue weighted by molar-refractivity contribution is 6.35. The highest BCUT2D eigenvalue weighted by Crippen LogP contribution is 2.48. The number of halogens is 2. The van der Waals surface area contributed by atoms with Gasteiger partial charge in [-0.15, -0.1) is 0 Å². The number of rotatable bonds is 10. The first-order chi connectivity index (χ1) is 19.7. The van der Waals surface area contributed by atoms with Crippen LogP contribution < -0.4 is 36.1 Å². The molecule has 1 aromatic heterocycles. The maximum atomic E-state index is 13.2. The lowest BCUT2D eigenvalue weighted by atomic mass is 10.0. The molecule has 0 spiro atoms. The molecule has 4 aromatic rings. The molecular weight excluding hydrogens is 571 g/mol. The number of nitrogens with one attached hydrogen (secondary N) is 2. The Morgan fingerprint density at radius 1 is 0.976 bits per heavy atom. The molecule has 0 radical (unpaired) electrons. The number of hydrogen-bond donors (Lipinski definition) is 3. The number of benzene rings is 3. The van der Waals surface area contributed by atoms with E-state index >= 15 is 0 Å². The number of fused-ring (bicyclic) bond motifs is 1. The number of aliphatic carboxylic acids is 1. The van der Waals surface area contributed by atoms with Crippen molar-refractivity contribution in [3.05, 3.63) is 77.7 Å². The van der Waals surface area contributed by atoms with Crippen LogP contribution in [0.15, 0.2) is 66.9 Å². The predicted molar refractivity (Wildman–Crippen MR) is 152 cm³/mol. The quantitative estimate of drug-likeness (QED) is 0.221. The van der Waals surface area contributed by atoms with Gasteiger partial charge in [0, 0.05) is 23.3 Å². The van der Waals surface area contributed by atoms with Gasteiger partial charge in [-0.1, -0.05) is 17.7 Å². The lowest BCUT2D eigenvalue weighted by Crippen LogP contribution is -2.35. The molecule has 3 aromatic carbocycles. The fraction of sp³-hybridized carbons (Fsp3) is 0.172. The summed E-state index contributed by atoms with van der Waals surface area (Å²) in [7, 11) is 1.40. The lowest BCUT2D eigenvalue weighted by Gasteiger charge is -2.18. The summed E-state index contributed by atoms with van der Waals surface area (Å²) in [6.07, 6.45) is 2.18. The van der Waals surface area contributed by atoms with Crippen LogP contribution >= 0.6 is 11.6 Å². The van der Waals surface area contributed by atoms with E-state index in [2.05, 4.69) is 15.6 Å². The van der Waals surface area contributed by atoms with Crippen molar-refractivity contribution in [2.24, 2.45) is 5.41 Å². The Hall–Kier alpha value is -4.94. The number of methoxy groups -OCH3 is 1. The Bertz CT molecular complexity index is 1660. The average molecular weight is 597 g/mol. The molecule has 0 saturated heterocycles. The molecule has 2 amide bonds. The third kappa shape index (κ3) is 6.19. The van der Waals surface area contributed by atoms with Gasteiger partial charge in [0.1, 0.15) is 34.4 Å². The fourth-order valence-electron chi connectivity index (χ4n) is 4.14. The molecule has 13 heteroatoms. The number of aromatic nitrogens is 1. The maximum Gasteiger partial charge on any atom is 0.240 e. The second kappa shape index (κ2) is 12.3. The number of carboxylic acid groups (broad SMARTS) is 1. The van der Waals surface area contributed by atoms with Crippen LogP contribution in [0.3, 0.4) is 0 Å². The Kier molecular flexibility index (Phi) is 8.79. The number of hydrogen-bond acceptors (Lipinski definition) is 8. The average Bonchev–Trinajstić information content (AvgIpc) is 3.77. The Morgan fingerprint density at radius 2 is 1.69 bits per heavy atom. The molecule has 0 aliphatic heterocycles. The molecular formula is C29H26ClFN4O7. The standard InChI is InChI=1S/C29H23ClFN3O7.H3N/c1-39-23-13-18-20(14-24(23)40-15-25(35)36)32-12-9-21(18)41-22-4-2-3-19(26(22)30)34-28(38)29(10-11-29)27(37)33-17-7-5-16(31)6-8-17;/h2-9,12-14H,10-11,15H2,1H3,(H,33,37)(H,34,38)(H,35,36);1H3. The van der Waals surface area contributed by atoms with Crippen molar-refractivity contribution in [1.29, 1.82) is 0 Å². The fourth-order valence-corrected chi connectivity index (χ4v) is 4.35. The second-order valence-corrected chi connectivity index (χ2v) is 9.58. The van der Waals surface area contributed by atoms with Gasteiger partial charge in [-0.2, -0.15) is 0 Å². The molecule has 5 rings (SSSR count). The highest BCUT2D eigenvalue weighted by atomic mass is 35.5. The monoisotopic (exact) mass is 596 g/mol. The van der Waals surface area contributed by atoms with Crippen molar-refractivity contribution < 1.29 is 38.1 Å². The van der Waals surface area contributed by atoms with Crippen LogP contribution in [0, 0.1) is 11.2 Å². The van der Waals surface area contributed by atoms with E-state index in [1.165, 1.54) is 43.6 Å². The number of carboxylic acids is 1. The molecule has 1 saturated carbocycles. The largest absolute Gasteiger partial charge is 0.546 e. The topological polar surface area (TPSA) is 175 Å². The first-order valence-electron chi connectivity index (χ1n) is 12.3. The van der Waals surface area contributed by atoms with Crippen LogP contribution in [-0.2, 0) is 14.4 Å². The van der Waals surface area contributed by atoms with Crippen molar-refractivity contribution in [1.82, 2.24) is 11.1 Å². The summed E-state index contributed by atoms with van der Waals surface area (Å²) in [4.78, 5) is 41.2. The summed E-state index contributed by atoms with van der Waals surface area (Å²) in [5, 5.41) is 16.8. The van der Waals surface area contributed by atoms with Crippen LogP contribution in [-0.4, -0.2) is 36.5 Å². The Balaban J connectivity index is 0.00000405. The highest BCUT2D eigenvalue weighted by Gasteiger charge is 2.56. The van der Waals surface area contributed by atoms with E-state index in [4.69, 9.17) is 25.8 Å². The molecule has 1 aliphatic rings. The van der Waals surface area contributed by atoms with Gasteiger partial charge in [0.2, 0.25) is 11.8 Å². The molecule has 42 heavy (non-hydrogen) atoms. The number of quaternary nitrogens is 1. The smallest absolute Gasteiger partial charge is 0.240 e. The molecule has 6 N–H and O–H groups in total. The third-order valence-corrected chi connectivity index (χ3v) is 6.88. The van der Waals surface area contributed by atoms with Crippen molar-refractivity contribution in [2.75, 3.05) is 24.4 Å². The number of pyridine rings is 1. The first kappa shape index (κ1) is 30.0. The zero-order valence-corrected chi connectivity index (χ0v) is 23.3. The minimum absolute atomic E-state index is 0. The number of anilines is 2. The van der Waals surface area contributed by atoms with Crippen LogP contribution in [0.5, 0.6) is 23.0 Å². The van der Waals surface area contributed by atoms with Gasteiger partial charge in [0.15, 0.2) is 11.5 Å². The molecule has 1 fully saturated rings. The summed E-state index contributed by atoms with van der Waals surface area (Å²) in [6, 6.07) is 14.8. The summed E-state index contributed by atoms with van der Waals surface area (Å²) >= 11 is 6.61. The first-order valence-corrected chi connectivity index (χ1v) is 12.7. The normalized spacial score (nSPS) is 12.9. The number of amides is 2. The number of carbonyl (C=O) groups is 3. The lowest BCUT2D eigenvalue weighted by molar-refractivity contribution is -0.307. The zero-order chi connectivity index (χ0) is 29.1. The second-order valence-electron chi connectivity index (χ2n) is 9.21. The van der Waals surface area contributed by atoms with Crippen molar-refractivity contribution >= 4 is 51.7 Å². The van der Waals surface area contributed by atoms with Gasteiger partial charge in [0.25, 0.3) is 0 Å². The van der Waals surface area contributed by atoms with Gasteiger partial charge in [-0.25, -0.2) is 4.39 Å². The number of nitrogens with zero attached hydrogens (tertiary/aromatic N) is 1. The summed E-state index contributed by atoms with van der Waals surface area (Å²) in [5.74, 6) is -1.88. The Labute approximate surface area is 244 Å².